The Morgan fingerprint density at radius 2 is 0.690 bits per heavy atom. The van der Waals surface area contributed by atoms with E-state index in [1.54, 1.807) is 0 Å². The average Bonchev–Trinajstić information content (AvgIpc) is 3.00. The third-order valence-corrected chi connectivity index (χ3v) is 70.8. The molecule has 0 N–H and O–H groups in total. The van der Waals surface area contributed by atoms with E-state index in [-0.39, 0.29) is 0 Å². The molecule has 0 aliphatic heterocycles. The number of hydrogen-bond acceptors (Lipinski definition) is 4. The maximum absolute atomic E-state index is 7.66. The predicted molar refractivity (Wildman–Crippen MR) is 201 cm³/mol. The zero-order valence-corrected chi connectivity index (χ0v) is 37.9. The van der Waals surface area contributed by atoms with E-state index in [0.717, 1.165) is 57.8 Å². The van der Waals surface area contributed by atoms with Crippen LogP contribution >= 0.6 is 18.7 Å². The molecule has 0 aromatic rings. The fourth-order valence-electron chi connectivity index (χ4n) is 4.88. The summed E-state index contributed by atoms with van der Waals surface area (Å²) in [6.45, 7) is 16.1. The minimum atomic E-state index is -3.73. The topological polar surface area (TPSA) is 36.9 Å². The van der Waals surface area contributed by atoms with Crippen LogP contribution in [-0.2, 0) is 10.6 Å². The number of hydrogen-bond donors (Lipinski definition) is 0. The summed E-state index contributed by atoms with van der Waals surface area (Å²) in [5, 5.41) is 0. The Hall–Kier alpha value is 2.73. The van der Waals surface area contributed by atoms with Crippen molar-refractivity contribution in [3.05, 3.63) is 0 Å². The molecule has 9 heteroatoms. The van der Waals surface area contributed by atoms with Gasteiger partial charge in [-0.05, 0) is 0 Å². The Morgan fingerprint density at radius 3 is 1.07 bits per heavy atom. The summed E-state index contributed by atoms with van der Waals surface area (Å²) >= 11 is -7.08. The molecule has 254 valence electrons. The van der Waals surface area contributed by atoms with Crippen LogP contribution in [0.3, 0.4) is 0 Å². The second-order valence-corrected chi connectivity index (χ2v) is 53.5. The van der Waals surface area contributed by atoms with Crippen LogP contribution in [-0.4, -0.2) is 75.5 Å². The fourth-order valence-corrected chi connectivity index (χ4v) is 94.1. The zero-order valence-electron chi connectivity index (χ0n) is 29.2. The van der Waals surface area contributed by atoms with E-state index in [9.17, 15) is 0 Å². The van der Waals surface area contributed by atoms with Crippen LogP contribution in [0.4, 0.5) is 0 Å². The standard InChI is InChI=1S/3C8H18P.3C3H7O.O.2Sn/c3*1-2-3-4-5-6-7-8-9;3*1-2-3-4;;;/h3*9H,2-8H2,1H3;3*2-3H2,1H3;;;/q6*-1;;2*+3. The van der Waals surface area contributed by atoms with Gasteiger partial charge in [0.15, 0.2) is 0 Å². The molecule has 3 unspecified atom stereocenters. The molecule has 0 amide bonds. The zero-order chi connectivity index (χ0) is 31.0. The molecule has 0 radical (unpaired) electrons. The normalized spacial score (nSPS) is 14.4. The first-order valence-electron chi connectivity index (χ1n) is 18.4. The molecule has 0 aromatic carbocycles. The summed E-state index contributed by atoms with van der Waals surface area (Å²) in [6.07, 6.45) is 34.0. The summed E-state index contributed by atoms with van der Waals surface area (Å²) in [7, 11) is 0. The second kappa shape index (κ2) is 33.6. The van der Waals surface area contributed by atoms with Crippen molar-refractivity contribution in [3.63, 3.8) is 0 Å². The second-order valence-electron chi connectivity index (χ2n) is 11.9. The molecule has 0 heterocycles. The van der Waals surface area contributed by atoms with Gasteiger partial charge >= 0.3 is 281 Å². The maximum atomic E-state index is 7.66. The van der Waals surface area contributed by atoms with Crippen LogP contribution < -0.4 is 0 Å². The predicted octanol–water partition coefficient (Wildman–Crippen LogP) is 12.3. The van der Waals surface area contributed by atoms with Gasteiger partial charge in [0.1, 0.15) is 0 Å². The summed E-state index contributed by atoms with van der Waals surface area (Å²) in [5.74, 6) is 0. The summed E-state index contributed by atoms with van der Waals surface area (Å²) < 4.78 is 28.5. The van der Waals surface area contributed by atoms with E-state index in [2.05, 4.69) is 41.5 Å². The molecule has 0 aliphatic rings. The molecule has 0 aromatic heterocycles. The fraction of sp³-hybridized carbons (Fsp3) is 1.00. The van der Waals surface area contributed by atoms with Crippen molar-refractivity contribution in [2.45, 2.75) is 176 Å². The molecule has 0 fully saturated rings. The summed E-state index contributed by atoms with van der Waals surface area (Å²) in [4.78, 5) is 0. The van der Waals surface area contributed by atoms with Gasteiger partial charge in [0.2, 0.25) is 0 Å². The average molecular weight is 866 g/mol. The van der Waals surface area contributed by atoms with Gasteiger partial charge in [0, 0.05) is 0 Å². The van der Waals surface area contributed by atoms with Gasteiger partial charge in [0.05, 0.1) is 0 Å². The van der Waals surface area contributed by atoms with E-state index in [1.807, 2.05) is 0 Å². The minimum absolute atomic E-state index is 0.739. The van der Waals surface area contributed by atoms with Crippen LogP contribution in [0.2, 0.25) is 0 Å². The Bertz CT molecular complexity index is 523. The molecule has 0 saturated heterocycles. The quantitative estimate of drug-likeness (QED) is 0.0361. The Kier molecular flexibility index (Phi) is 35.8. The molecule has 3 atom stereocenters. The summed E-state index contributed by atoms with van der Waals surface area (Å²) in [5.41, 5.74) is 0. The SMILES string of the molecule is CCCCCCCC[PH][Sn]([O]CCC)([O]CCC)[O][Sn]([O]CCC)([PH]CCCCCCCC)[PH]CCCCCCCC. The number of unbranched alkanes of at least 4 members (excludes halogenated alkanes) is 15. The van der Waals surface area contributed by atoms with Crippen LogP contribution in [0, 0.1) is 0 Å². The van der Waals surface area contributed by atoms with Crippen LogP contribution in [0.5, 0.6) is 0 Å². The van der Waals surface area contributed by atoms with Gasteiger partial charge in [-0.3, -0.25) is 0 Å². The molecular formula is C33H75O4P3Sn2. The van der Waals surface area contributed by atoms with Gasteiger partial charge < -0.3 is 0 Å². The Balaban J connectivity index is 5.71. The molecule has 0 spiro atoms. The van der Waals surface area contributed by atoms with Gasteiger partial charge in [-0.25, -0.2) is 0 Å². The molecule has 0 rings (SSSR count). The molecular weight excluding hydrogens is 791 g/mol. The van der Waals surface area contributed by atoms with Crippen molar-refractivity contribution in [1.29, 1.82) is 0 Å². The molecule has 0 saturated carbocycles. The van der Waals surface area contributed by atoms with Crippen molar-refractivity contribution in [2.75, 3.05) is 38.3 Å². The molecule has 0 aliphatic carbocycles. The first kappa shape index (κ1) is 44.7. The Labute approximate surface area is 279 Å². The van der Waals surface area contributed by atoms with Crippen molar-refractivity contribution in [1.82, 2.24) is 0 Å². The van der Waals surface area contributed by atoms with E-state index < -0.39 is 37.2 Å². The van der Waals surface area contributed by atoms with Crippen LogP contribution in [0.1, 0.15) is 176 Å². The molecule has 4 nitrogen and oxygen atoms in total. The molecule has 42 heavy (non-hydrogen) atoms. The first-order chi connectivity index (χ1) is 20.6. The van der Waals surface area contributed by atoms with Crippen molar-refractivity contribution in [3.8, 4) is 0 Å². The van der Waals surface area contributed by atoms with E-state index in [0.29, 0.717) is 0 Å². The monoisotopic (exact) mass is 868 g/mol. The third kappa shape index (κ3) is 25.8. The third-order valence-electron chi connectivity index (χ3n) is 7.43. The van der Waals surface area contributed by atoms with Crippen molar-refractivity contribution < 1.29 is 10.6 Å². The van der Waals surface area contributed by atoms with E-state index in [1.165, 1.54) is 134 Å². The van der Waals surface area contributed by atoms with E-state index in [4.69, 9.17) is 10.6 Å². The molecule has 0 bridgehead atoms. The van der Waals surface area contributed by atoms with Gasteiger partial charge in [-0.2, -0.15) is 0 Å². The Morgan fingerprint density at radius 1 is 0.357 bits per heavy atom. The van der Waals surface area contributed by atoms with Gasteiger partial charge in [-0.15, -0.1) is 0 Å². The van der Waals surface area contributed by atoms with Crippen LogP contribution in [0.25, 0.3) is 0 Å². The van der Waals surface area contributed by atoms with Crippen molar-refractivity contribution in [2.24, 2.45) is 0 Å². The van der Waals surface area contributed by atoms with E-state index >= 15 is 0 Å². The van der Waals surface area contributed by atoms with Crippen LogP contribution in [0.15, 0.2) is 0 Å². The first-order valence-corrected chi connectivity index (χ1v) is 40.7. The van der Waals surface area contributed by atoms with Crippen molar-refractivity contribution >= 4 is 55.9 Å². The van der Waals surface area contributed by atoms with Gasteiger partial charge in [0.25, 0.3) is 0 Å². The van der Waals surface area contributed by atoms with Gasteiger partial charge in [-0.1, -0.05) is 0 Å². The number of rotatable bonds is 35. The summed E-state index contributed by atoms with van der Waals surface area (Å²) in [6, 6.07) is 0.